The molecular formula is C5H10ClNO. The fourth-order valence-electron chi connectivity index (χ4n) is 0.828. The van der Waals surface area contributed by atoms with Crippen LogP contribution >= 0.6 is 12.4 Å². The molecule has 0 aromatic heterocycles. The Kier molecular flexibility index (Phi) is 3.83. The number of rotatable bonds is 1. The van der Waals surface area contributed by atoms with Crippen LogP contribution in [0.5, 0.6) is 0 Å². The van der Waals surface area contributed by atoms with Crippen LogP contribution in [0, 0.1) is 0 Å². The Bertz CT molecular complexity index is 70.8. The standard InChI is InChI=1S/C5H9NO.ClH/c7-4-5-2-1-3-6-5;/h4-6H,1-3H2;1H/t5-;/m0./s1. The van der Waals surface area contributed by atoms with E-state index in [4.69, 9.17) is 0 Å². The van der Waals surface area contributed by atoms with Crippen LogP contribution in [0.25, 0.3) is 0 Å². The molecule has 1 rings (SSSR count). The lowest BCUT2D eigenvalue weighted by atomic mass is 10.2. The Hall–Kier alpha value is -0.0800. The Labute approximate surface area is 55.1 Å². The molecule has 1 aliphatic rings. The predicted octanol–water partition coefficient (Wildman–Crippen LogP) is 0.359. The average molecular weight is 136 g/mol. The molecule has 0 aromatic rings. The van der Waals surface area contributed by atoms with E-state index < -0.39 is 0 Å². The molecule has 1 saturated heterocycles. The van der Waals surface area contributed by atoms with Crippen molar-refractivity contribution < 1.29 is 4.79 Å². The van der Waals surface area contributed by atoms with E-state index in [0.717, 1.165) is 25.7 Å². The maximum atomic E-state index is 9.94. The largest absolute Gasteiger partial charge is 0.308 e. The molecule has 0 amide bonds. The average Bonchev–Trinajstić information content (AvgIpc) is 2.14. The van der Waals surface area contributed by atoms with E-state index in [1.54, 1.807) is 0 Å². The van der Waals surface area contributed by atoms with Gasteiger partial charge in [-0.15, -0.1) is 12.4 Å². The molecule has 0 unspecified atom stereocenters. The second-order valence-corrected chi connectivity index (χ2v) is 1.84. The lowest BCUT2D eigenvalue weighted by Crippen LogP contribution is -2.21. The molecule has 1 atom stereocenters. The number of nitrogens with one attached hydrogen (secondary N) is 1. The second kappa shape index (κ2) is 3.87. The molecule has 0 saturated carbocycles. The van der Waals surface area contributed by atoms with Crippen LogP contribution in [0.1, 0.15) is 12.8 Å². The van der Waals surface area contributed by atoms with Crippen molar-refractivity contribution >= 4 is 18.7 Å². The molecule has 0 radical (unpaired) electrons. The molecule has 1 heterocycles. The highest BCUT2D eigenvalue weighted by molar-refractivity contribution is 5.85. The first-order chi connectivity index (χ1) is 3.43. The Balaban J connectivity index is 0.000000490. The van der Waals surface area contributed by atoms with E-state index in [0.29, 0.717) is 0 Å². The Morgan fingerprint density at radius 3 is 2.62 bits per heavy atom. The number of carbonyl (C=O) groups excluding carboxylic acids is 1. The molecule has 2 nitrogen and oxygen atoms in total. The number of aldehydes is 1. The monoisotopic (exact) mass is 135 g/mol. The van der Waals surface area contributed by atoms with E-state index in [2.05, 4.69) is 5.32 Å². The van der Waals surface area contributed by atoms with Crippen LogP contribution in [0.2, 0.25) is 0 Å². The summed E-state index contributed by atoms with van der Waals surface area (Å²) >= 11 is 0. The van der Waals surface area contributed by atoms with Gasteiger partial charge >= 0.3 is 0 Å². The molecule has 0 spiro atoms. The third-order valence-corrected chi connectivity index (χ3v) is 1.26. The van der Waals surface area contributed by atoms with Crippen molar-refractivity contribution in [3.05, 3.63) is 0 Å². The van der Waals surface area contributed by atoms with Crippen LogP contribution in [0.4, 0.5) is 0 Å². The number of carbonyl (C=O) groups is 1. The summed E-state index contributed by atoms with van der Waals surface area (Å²) in [6, 6.07) is 0.167. The first-order valence-electron chi connectivity index (χ1n) is 2.62. The smallest absolute Gasteiger partial charge is 0.136 e. The highest BCUT2D eigenvalue weighted by atomic mass is 35.5. The first kappa shape index (κ1) is 7.92. The normalized spacial score (nSPS) is 26.8. The maximum Gasteiger partial charge on any atom is 0.136 e. The van der Waals surface area contributed by atoms with Gasteiger partial charge in [-0.05, 0) is 19.4 Å². The second-order valence-electron chi connectivity index (χ2n) is 1.84. The summed E-state index contributed by atoms with van der Waals surface area (Å²) in [6.07, 6.45) is 3.17. The van der Waals surface area contributed by atoms with Crippen molar-refractivity contribution in [2.45, 2.75) is 18.9 Å². The van der Waals surface area contributed by atoms with Crippen LogP contribution in [0.15, 0.2) is 0 Å². The zero-order chi connectivity index (χ0) is 5.11. The van der Waals surface area contributed by atoms with Crippen LogP contribution in [-0.4, -0.2) is 18.9 Å². The molecule has 0 aromatic carbocycles. The zero-order valence-corrected chi connectivity index (χ0v) is 5.41. The van der Waals surface area contributed by atoms with Gasteiger partial charge in [0, 0.05) is 0 Å². The quantitative estimate of drug-likeness (QED) is 0.526. The van der Waals surface area contributed by atoms with Gasteiger partial charge in [0.2, 0.25) is 0 Å². The molecule has 0 bridgehead atoms. The third kappa shape index (κ3) is 1.80. The summed E-state index contributed by atoms with van der Waals surface area (Å²) in [5, 5.41) is 3.04. The molecule has 1 N–H and O–H groups in total. The van der Waals surface area contributed by atoms with Crippen molar-refractivity contribution in [2.75, 3.05) is 6.54 Å². The van der Waals surface area contributed by atoms with E-state index in [1.807, 2.05) is 0 Å². The van der Waals surface area contributed by atoms with Gasteiger partial charge in [0.05, 0.1) is 6.04 Å². The van der Waals surface area contributed by atoms with E-state index in [-0.39, 0.29) is 18.4 Å². The minimum absolute atomic E-state index is 0. The molecule has 3 heteroatoms. The van der Waals surface area contributed by atoms with Gasteiger partial charge in [0.25, 0.3) is 0 Å². The van der Waals surface area contributed by atoms with E-state index in [1.165, 1.54) is 0 Å². The summed E-state index contributed by atoms with van der Waals surface area (Å²) in [4.78, 5) is 9.94. The lowest BCUT2D eigenvalue weighted by molar-refractivity contribution is -0.109. The van der Waals surface area contributed by atoms with Crippen molar-refractivity contribution in [1.29, 1.82) is 0 Å². The molecule has 0 aliphatic carbocycles. The summed E-state index contributed by atoms with van der Waals surface area (Å²) < 4.78 is 0. The topological polar surface area (TPSA) is 29.1 Å². The summed E-state index contributed by atoms with van der Waals surface area (Å²) in [7, 11) is 0. The van der Waals surface area contributed by atoms with Gasteiger partial charge in [-0.1, -0.05) is 0 Å². The maximum absolute atomic E-state index is 9.94. The van der Waals surface area contributed by atoms with Crippen molar-refractivity contribution in [2.24, 2.45) is 0 Å². The van der Waals surface area contributed by atoms with Crippen LogP contribution in [0.3, 0.4) is 0 Å². The minimum atomic E-state index is 0. The molecular weight excluding hydrogens is 126 g/mol. The molecule has 1 fully saturated rings. The molecule has 48 valence electrons. The van der Waals surface area contributed by atoms with Crippen molar-refractivity contribution in [3.63, 3.8) is 0 Å². The molecule has 1 aliphatic heterocycles. The summed E-state index contributed by atoms with van der Waals surface area (Å²) in [5.41, 5.74) is 0. The predicted molar refractivity (Wildman–Crippen MR) is 34.3 cm³/mol. The fraction of sp³-hybridized carbons (Fsp3) is 0.800. The number of halogens is 1. The number of hydrogen-bond acceptors (Lipinski definition) is 2. The highest BCUT2D eigenvalue weighted by Crippen LogP contribution is 2.00. The van der Waals surface area contributed by atoms with Gasteiger partial charge in [0.1, 0.15) is 6.29 Å². The van der Waals surface area contributed by atoms with Crippen LogP contribution < -0.4 is 5.32 Å². The Morgan fingerprint density at radius 1 is 1.62 bits per heavy atom. The minimum Gasteiger partial charge on any atom is -0.308 e. The van der Waals surface area contributed by atoms with E-state index >= 15 is 0 Å². The SMILES string of the molecule is Cl.O=C[C@@H]1CCCN1. The molecule has 8 heavy (non-hydrogen) atoms. The van der Waals surface area contributed by atoms with Gasteiger partial charge in [-0.3, -0.25) is 0 Å². The first-order valence-corrected chi connectivity index (χ1v) is 2.62. The van der Waals surface area contributed by atoms with Gasteiger partial charge in [-0.2, -0.15) is 0 Å². The number of hydrogen-bond donors (Lipinski definition) is 1. The van der Waals surface area contributed by atoms with E-state index in [9.17, 15) is 4.79 Å². The highest BCUT2D eigenvalue weighted by Gasteiger charge is 2.10. The zero-order valence-electron chi connectivity index (χ0n) is 4.59. The fourth-order valence-corrected chi connectivity index (χ4v) is 0.828. The Morgan fingerprint density at radius 2 is 2.38 bits per heavy atom. The third-order valence-electron chi connectivity index (χ3n) is 1.26. The summed E-state index contributed by atoms with van der Waals surface area (Å²) in [5.74, 6) is 0. The van der Waals surface area contributed by atoms with Crippen molar-refractivity contribution in [3.8, 4) is 0 Å². The van der Waals surface area contributed by atoms with Gasteiger partial charge < -0.3 is 10.1 Å². The lowest BCUT2D eigenvalue weighted by Gasteiger charge is -1.93. The van der Waals surface area contributed by atoms with Gasteiger partial charge in [-0.25, -0.2) is 0 Å². The summed E-state index contributed by atoms with van der Waals surface area (Å²) in [6.45, 7) is 1.02. The van der Waals surface area contributed by atoms with Crippen LogP contribution in [-0.2, 0) is 4.79 Å². The van der Waals surface area contributed by atoms with Gasteiger partial charge in [0.15, 0.2) is 0 Å². The van der Waals surface area contributed by atoms with Crippen molar-refractivity contribution in [1.82, 2.24) is 5.32 Å².